The van der Waals surface area contributed by atoms with Crippen LogP contribution in [-0.4, -0.2) is 37.9 Å². The van der Waals surface area contributed by atoms with Gasteiger partial charge in [0.15, 0.2) is 5.69 Å². The van der Waals surface area contributed by atoms with E-state index >= 15 is 0 Å². The first-order valence-corrected chi connectivity index (χ1v) is 10.7. The standard InChI is InChI=1S/C22H27ClN6O2/c1-5-11-24-22(31)20-18(13-28(6-2)27-20)25-21(30)17-9-7-16(8-10-17)12-29-15(4)19(23)14(3)26-29/h7-10,13H,5-6,11-12H2,1-4H3,(H,24,31)(H,25,30). The lowest BCUT2D eigenvalue weighted by Gasteiger charge is -2.08. The van der Waals surface area contributed by atoms with Gasteiger partial charge in [0.05, 0.1) is 28.6 Å². The van der Waals surface area contributed by atoms with E-state index in [1.54, 1.807) is 23.0 Å². The monoisotopic (exact) mass is 442 g/mol. The third-order valence-electron chi connectivity index (χ3n) is 4.93. The number of anilines is 1. The van der Waals surface area contributed by atoms with E-state index in [4.69, 9.17) is 11.6 Å². The number of carbonyl (C=O) groups is 2. The van der Waals surface area contributed by atoms with Gasteiger partial charge >= 0.3 is 0 Å². The highest BCUT2D eigenvalue weighted by atomic mass is 35.5. The van der Waals surface area contributed by atoms with Crippen molar-refractivity contribution in [3.8, 4) is 0 Å². The van der Waals surface area contributed by atoms with Crippen molar-refractivity contribution in [3.63, 3.8) is 0 Å². The van der Waals surface area contributed by atoms with Crippen LogP contribution in [0.15, 0.2) is 30.5 Å². The van der Waals surface area contributed by atoms with Crippen molar-refractivity contribution in [2.24, 2.45) is 0 Å². The molecule has 164 valence electrons. The molecule has 0 spiro atoms. The van der Waals surface area contributed by atoms with Gasteiger partial charge in [-0.25, -0.2) is 0 Å². The Kier molecular flexibility index (Phi) is 7.12. The third-order valence-corrected chi connectivity index (χ3v) is 5.47. The summed E-state index contributed by atoms with van der Waals surface area (Å²) in [5, 5.41) is 15.0. The van der Waals surface area contributed by atoms with Gasteiger partial charge in [0, 0.05) is 24.8 Å². The zero-order valence-corrected chi connectivity index (χ0v) is 19.0. The highest BCUT2D eigenvalue weighted by molar-refractivity contribution is 6.31. The predicted octanol–water partition coefficient (Wildman–Crippen LogP) is 3.81. The molecular weight excluding hydrogens is 416 g/mol. The largest absolute Gasteiger partial charge is 0.351 e. The Bertz CT molecular complexity index is 1080. The summed E-state index contributed by atoms with van der Waals surface area (Å²) in [5.74, 6) is -0.607. The predicted molar refractivity (Wildman–Crippen MR) is 121 cm³/mol. The van der Waals surface area contributed by atoms with Gasteiger partial charge in [0.25, 0.3) is 11.8 Å². The van der Waals surface area contributed by atoms with Crippen LogP contribution >= 0.6 is 11.6 Å². The Morgan fingerprint density at radius 1 is 1.06 bits per heavy atom. The van der Waals surface area contributed by atoms with Crippen LogP contribution in [0.3, 0.4) is 0 Å². The van der Waals surface area contributed by atoms with Gasteiger partial charge in [-0.05, 0) is 44.9 Å². The van der Waals surface area contributed by atoms with Gasteiger partial charge in [-0.2, -0.15) is 10.2 Å². The Balaban J connectivity index is 1.73. The fourth-order valence-corrected chi connectivity index (χ4v) is 3.26. The molecule has 0 unspecified atom stereocenters. The number of hydrogen-bond acceptors (Lipinski definition) is 4. The van der Waals surface area contributed by atoms with E-state index in [0.717, 1.165) is 23.4 Å². The number of aryl methyl sites for hydroxylation is 2. The minimum atomic E-state index is -0.305. The van der Waals surface area contributed by atoms with Gasteiger partial charge < -0.3 is 10.6 Å². The van der Waals surface area contributed by atoms with Crippen LogP contribution in [0.25, 0.3) is 0 Å². The summed E-state index contributed by atoms with van der Waals surface area (Å²) in [6.07, 6.45) is 2.48. The number of benzene rings is 1. The molecular formula is C22H27ClN6O2. The summed E-state index contributed by atoms with van der Waals surface area (Å²) in [5.41, 5.74) is 3.78. The first kappa shape index (κ1) is 22.6. The van der Waals surface area contributed by atoms with Crippen LogP contribution in [0.1, 0.15) is 58.1 Å². The lowest BCUT2D eigenvalue weighted by atomic mass is 10.1. The Morgan fingerprint density at radius 2 is 1.77 bits per heavy atom. The molecule has 0 radical (unpaired) electrons. The van der Waals surface area contributed by atoms with Crippen LogP contribution in [0, 0.1) is 13.8 Å². The number of nitrogens with one attached hydrogen (secondary N) is 2. The maximum absolute atomic E-state index is 12.8. The molecule has 2 amide bonds. The van der Waals surface area contributed by atoms with Crippen molar-refractivity contribution in [3.05, 3.63) is 63.7 Å². The fraction of sp³-hybridized carbons (Fsp3) is 0.364. The Morgan fingerprint density at radius 3 is 2.35 bits per heavy atom. The molecule has 0 aliphatic heterocycles. The summed E-state index contributed by atoms with van der Waals surface area (Å²) in [4.78, 5) is 25.1. The molecule has 2 heterocycles. The van der Waals surface area contributed by atoms with Crippen molar-refractivity contribution in [1.29, 1.82) is 0 Å². The minimum Gasteiger partial charge on any atom is -0.351 e. The van der Waals surface area contributed by atoms with E-state index in [1.807, 2.05) is 44.5 Å². The molecule has 0 fully saturated rings. The van der Waals surface area contributed by atoms with Crippen molar-refractivity contribution in [1.82, 2.24) is 24.9 Å². The zero-order valence-electron chi connectivity index (χ0n) is 18.2. The van der Waals surface area contributed by atoms with Crippen molar-refractivity contribution < 1.29 is 9.59 Å². The number of hydrogen-bond donors (Lipinski definition) is 2. The second-order valence-corrected chi connectivity index (χ2v) is 7.67. The lowest BCUT2D eigenvalue weighted by Crippen LogP contribution is -2.26. The number of aromatic nitrogens is 4. The second-order valence-electron chi connectivity index (χ2n) is 7.30. The fourth-order valence-electron chi connectivity index (χ4n) is 3.12. The summed E-state index contributed by atoms with van der Waals surface area (Å²) in [7, 11) is 0. The molecule has 2 N–H and O–H groups in total. The molecule has 3 aromatic rings. The van der Waals surface area contributed by atoms with Crippen LogP contribution in [-0.2, 0) is 13.1 Å². The van der Waals surface area contributed by atoms with Gasteiger partial charge in [-0.1, -0.05) is 30.7 Å². The molecule has 1 aromatic carbocycles. The zero-order chi connectivity index (χ0) is 22.5. The van der Waals surface area contributed by atoms with Crippen LogP contribution in [0.5, 0.6) is 0 Å². The van der Waals surface area contributed by atoms with E-state index in [0.29, 0.717) is 35.9 Å². The molecule has 0 aliphatic carbocycles. The van der Waals surface area contributed by atoms with E-state index in [1.165, 1.54) is 0 Å². The van der Waals surface area contributed by atoms with Crippen LogP contribution in [0.4, 0.5) is 5.69 Å². The maximum Gasteiger partial charge on any atom is 0.273 e. The van der Waals surface area contributed by atoms with Gasteiger partial charge in [-0.15, -0.1) is 0 Å². The van der Waals surface area contributed by atoms with Crippen LogP contribution < -0.4 is 10.6 Å². The summed E-state index contributed by atoms with van der Waals surface area (Å²) in [6.45, 7) is 9.39. The highest BCUT2D eigenvalue weighted by Crippen LogP contribution is 2.20. The molecule has 0 bridgehead atoms. The summed E-state index contributed by atoms with van der Waals surface area (Å²) >= 11 is 6.21. The molecule has 0 aliphatic rings. The SMILES string of the molecule is CCCNC(=O)c1nn(CC)cc1NC(=O)c1ccc(Cn2nc(C)c(Cl)c2C)cc1. The number of halogens is 1. The van der Waals surface area contributed by atoms with Crippen molar-refractivity contribution in [2.45, 2.75) is 47.2 Å². The van der Waals surface area contributed by atoms with E-state index < -0.39 is 0 Å². The minimum absolute atomic E-state index is 0.210. The van der Waals surface area contributed by atoms with Crippen molar-refractivity contribution in [2.75, 3.05) is 11.9 Å². The number of amides is 2. The van der Waals surface area contributed by atoms with Crippen molar-refractivity contribution >= 4 is 29.1 Å². The van der Waals surface area contributed by atoms with Gasteiger partial charge in [0.1, 0.15) is 0 Å². The molecule has 0 atom stereocenters. The van der Waals surface area contributed by atoms with Crippen LogP contribution in [0.2, 0.25) is 5.02 Å². The second kappa shape index (κ2) is 9.78. The lowest BCUT2D eigenvalue weighted by molar-refractivity contribution is 0.0948. The van der Waals surface area contributed by atoms with E-state index in [9.17, 15) is 9.59 Å². The Labute approximate surface area is 186 Å². The molecule has 9 heteroatoms. The molecule has 3 rings (SSSR count). The van der Waals surface area contributed by atoms with Gasteiger partial charge in [-0.3, -0.25) is 19.0 Å². The first-order valence-electron chi connectivity index (χ1n) is 10.3. The van der Waals surface area contributed by atoms with Gasteiger partial charge in [0.2, 0.25) is 0 Å². The summed E-state index contributed by atoms with van der Waals surface area (Å²) in [6, 6.07) is 7.26. The number of nitrogens with zero attached hydrogens (tertiary/aromatic N) is 4. The topological polar surface area (TPSA) is 93.8 Å². The average Bonchev–Trinajstić information content (AvgIpc) is 3.28. The summed E-state index contributed by atoms with van der Waals surface area (Å²) < 4.78 is 3.46. The quantitative estimate of drug-likeness (QED) is 0.554. The molecule has 31 heavy (non-hydrogen) atoms. The normalized spacial score (nSPS) is 10.9. The first-order chi connectivity index (χ1) is 14.8. The van der Waals surface area contributed by atoms with E-state index in [2.05, 4.69) is 20.8 Å². The Hall–Kier alpha value is -3.13. The molecule has 2 aromatic heterocycles. The average molecular weight is 443 g/mol. The molecule has 0 saturated carbocycles. The van der Waals surface area contributed by atoms with E-state index in [-0.39, 0.29) is 17.5 Å². The smallest absolute Gasteiger partial charge is 0.273 e. The highest BCUT2D eigenvalue weighted by Gasteiger charge is 2.19. The molecule has 0 saturated heterocycles. The third kappa shape index (κ3) is 5.14. The maximum atomic E-state index is 12.8. The number of carbonyl (C=O) groups excluding carboxylic acids is 2. The number of rotatable bonds is 8. The molecule has 8 nitrogen and oxygen atoms in total.